The number of aryl methyl sites for hydroxylation is 1. The maximum atomic E-state index is 12.2. The van der Waals surface area contributed by atoms with Crippen molar-refractivity contribution >= 4 is 16.7 Å². The van der Waals surface area contributed by atoms with E-state index in [0.29, 0.717) is 16.7 Å². The topological polar surface area (TPSA) is 78.0 Å². The number of rotatable bonds is 2. The molecule has 104 valence electrons. The number of nitro groups is 1. The normalized spacial score (nSPS) is 10.7. The lowest BCUT2D eigenvalue weighted by atomic mass is 10.2. The summed E-state index contributed by atoms with van der Waals surface area (Å²) in [6, 6.07) is 11.7. The van der Waals surface area contributed by atoms with Crippen molar-refractivity contribution in [3.8, 4) is 5.69 Å². The van der Waals surface area contributed by atoms with E-state index in [-0.39, 0.29) is 11.2 Å². The Bertz CT molecular complexity index is 915. The number of fused-ring (bicyclic) bond motifs is 1. The summed E-state index contributed by atoms with van der Waals surface area (Å²) in [6.07, 6.45) is 1.22. The highest BCUT2D eigenvalue weighted by Gasteiger charge is 2.12. The van der Waals surface area contributed by atoms with Gasteiger partial charge in [0.05, 0.1) is 22.2 Å². The standard InChI is InChI=1S/C15H11N3O3/c1-10-3-2-4-11(7-10)17-14-8-12(18(20)21)5-6-13(14)16-9-15(17)19/h2-9H,1H3. The van der Waals surface area contributed by atoms with Gasteiger partial charge in [-0.25, -0.2) is 4.98 Å². The van der Waals surface area contributed by atoms with Crippen LogP contribution >= 0.6 is 0 Å². The third kappa shape index (κ3) is 2.27. The van der Waals surface area contributed by atoms with Gasteiger partial charge in [0, 0.05) is 17.8 Å². The van der Waals surface area contributed by atoms with E-state index in [4.69, 9.17) is 0 Å². The molecular weight excluding hydrogens is 270 g/mol. The van der Waals surface area contributed by atoms with E-state index >= 15 is 0 Å². The van der Waals surface area contributed by atoms with Crippen molar-refractivity contribution in [1.82, 2.24) is 9.55 Å². The molecule has 0 aliphatic heterocycles. The number of nitro benzene ring substituents is 1. The quantitative estimate of drug-likeness (QED) is 0.534. The molecule has 0 N–H and O–H groups in total. The highest BCUT2D eigenvalue weighted by molar-refractivity contribution is 5.79. The lowest BCUT2D eigenvalue weighted by molar-refractivity contribution is -0.384. The second kappa shape index (κ2) is 4.82. The van der Waals surface area contributed by atoms with Crippen LogP contribution in [0.1, 0.15) is 5.56 Å². The second-order valence-corrected chi connectivity index (χ2v) is 4.70. The van der Waals surface area contributed by atoms with E-state index in [1.807, 2.05) is 25.1 Å². The lowest BCUT2D eigenvalue weighted by Crippen LogP contribution is -2.18. The number of nitrogens with zero attached hydrogens (tertiary/aromatic N) is 3. The van der Waals surface area contributed by atoms with Crippen LogP contribution < -0.4 is 5.56 Å². The molecule has 1 heterocycles. The SMILES string of the molecule is Cc1cccc(-n2c(=O)cnc3ccc([N+](=O)[O-])cc32)c1. The molecule has 0 atom stereocenters. The Hall–Kier alpha value is -3.02. The Labute approximate surface area is 119 Å². The molecule has 2 aromatic carbocycles. The van der Waals surface area contributed by atoms with Gasteiger partial charge in [-0.3, -0.25) is 19.5 Å². The smallest absolute Gasteiger partial charge is 0.274 e. The number of hydrogen-bond donors (Lipinski definition) is 0. The van der Waals surface area contributed by atoms with E-state index in [9.17, 15) is 14.9 Å². The van der Waals surface area contributed by atoms with Crippen molar-refractivity contribution in [3.05, 3.63) is 74.7 Å². The van der Waals surface area contributed by atoms with Crippen molar-refractivity contribution in [2.24, 2.45) is 0 Å². The van der Waals surface area contributed by atoms with Gasteiger partial charge in [0.25, 0.3) is 11.2 Å². The maximum Gasteiger partial charge on any atom is 0.274 e. The van der Waals surface area contributed by atoms with Crippen molar-refractivity contribution in [2.45, 2.75) is 6.92 Å². The molecule has 0 fully saturated rings. The van der Waals surface area contributed by atoms with Crippen molar-refractivity contribution in [3.63, 3.8) is 0 Å². The molecule has 0 saturated heterocycles. The fourth-order valence-corrected chi connectivity index (χ4v) is 2.25. The summed E-state index contributed by atoms with van der Waals surface area (Å²) in [4.78, 5) is 26.6. The van der Waals surface area contributed by atoms with Gasteiger partial charge in [-0.2, -0.15) is 0 Å². The van der Waals surface area contributed by atoms with E-state index in [1.165, 1.54) is 22.9 Å². The number of hydrogen-bond acceptors (Lipinski definition) is 4. The molecule has 0 spiro atoms. The van der Waals surface area contributed by atoms with Gasteiger partial charge in [-0.15, -0.1) is 0 Å². The molecule has 0 unspecified atom stereocenters. The predicted molar refractivity (Wildman–Crippen MR) is 78.7 cm³/mol. The molecule has 0 amide bonds. The average molecular weight is 281 g/mol. The van der Waals surface area contributed by atoms with Crippen LogP contribution in [0.4, 0.5) is 5.69 Å². The minimum atomic E-state index is -0.489. The Morgan fingerprint density at radius 2 is 2.00 bits per heavy atom. The number of non-ortho nitro benzene ring substituents is 1. The highest BCUT2D eigenvalue weighted by atomic mass is 16.6. The van der Waals surface area contributed by atoms with Crippen molar-refractivity contribution in [2.75, 3.05) is 0 Å². The summed E-state index contributed by atoms with van der Waals surface area (Å²) in [5.74, 6) is 0. The van der Waals surface area contributed by atoms with Gasteiger partial charge < -0.3 is 0 Å². The maximum absolute atomic E-state index is 12.2. The van der Waals surface area contributed by atoms with Crippen LogP contribution in [0.15, 0.2) is 53.5 Å². The third-order valence-corrected chi connectivity index (χ3v) is 3.21. The highest BCUT2D eigenvalue weighted by Crippen LogP contribution is 2.20. The molecule has 0 aliphatic carbocycles. The number of benzene rings is 2. The Morgan fingerprint density at radius 1 is 1.19 bits per heavy atom. The van der Waals surface area contributed by atoms with Crippen LogP contribution in [0.25, 0.3) is 16.7 Å². The van der Waals surface area contributed by atoms with Crippen LogP contribution in [-0.2, 0) is 0 Å². The molecule has 0 bridgehead atoms. The first-order valence-electron chi connectivity index (χ1n) is 6.29. The van der Waals surface area contributed by atoms with Gasteiger partial charge in [-0.05, 0) is 30.7 Å². The van der Waals surface area contributed by atoms with Crippen LogP contribution in [-0.4, -0.2) is 14.5 Å². The Balaban J connectivity index is 2.39. The second-order valence-electron chi connectivity index (χ2n) is 4.70. The average Bonchev–Trinajstić information content (AvgIpc) is 2.46. The monoisotopic (exact) mass is 281 g/mol. The summed E-state index contributed by atoms with van der Waals surface area (Å²) in [5, 5.41) is 10.9. The first-order valence-corrected chi connectivity index (χ1v) is 6.29. The zero-order valence-electron chi connectivity index (χ0n) is 11.2. The van der Waals surface area contributed by atoms with Crippen LogP contribution in [0.5, 0.6) is 0 Å². The summed E-state index contributed by atoms with van der Waals surface area (Å²) < 4.78 is 1.43. The number of aromatic nitrogens is 2. The molecule has 3 rings (SSSR count). The zero-order chi connectivity index (χ0) is 15.0. The molecule has 6 heteroatoms. The summed E-state index contributed by atoms with van der Waals surface area (Å²) in [7, 11) is 0. The molecule has 0 aliphatic rings. The lowest BCUT2D eigenvalue weighted by Gasteiger charge is -2.10. The van der Waals surface area contributed by atoms with E-state index in [0.717, 1.165) is 5.56 Å². The third-order valence-electron chi connectivity index (χ3n) is 3.21. The molecule has 21 heavy (non-hydrogen) atoms. The largest absolute Gasteiger partial charge is 0.274 e. The van der Waals surface area contributed by atoms with Gasteiger partial charge >= 0.3 is 0 Å². The van der Waals surface area contributed by atoms with Gasteiger partial charge in [-0.1, -0.05) is 12.1 Å². The fraction of sp³-hybridized carbons (Fsp3) is 0.0667. The molecule has 6 nitrogen and oxygen atoms in total. The zero-order valence-corrected chi connectivity index (χ0v) is 11.2. The predicted octanol–water partition coefficient (Wildman–Crippen LogP) is 2.60. The Morgan fingerprint density at radius 3 is 2.71 bits per heavy atom. The Kier molecular flexibility index (Phi) is 2.98. The van der Waals surface area contributed by atoms with Crippen LogP contribution in [0, 0.1) is 17.0 Å². The first-order chi connectivity index (χ1) is 10.1. The van der Waals surface area contributed by atoms with E-state index in [2.05, 4.69) is 4.98 Å². The molecule has 0 saturated carbocycles. The summed E-state index contributed by atoms with van der Waals surface area (Å²) in [5.41, 5.74) is 2.21. The molecule has 0 radical (unpaired) electrons. The minimum Gasteiger partial charge on any atom is -0.274 e. The summed E-state index contributed by atoms with van der Waals surface area (Å²) >= 11 is 0. The van der Waals surface area contributed by atoms with Gasteiger partial charge in [0.15, 0.2) is 0 Å². The van der Waals surface area contributed by atoms with E-state index < -0.39 is 4.92 Å². The minimum absolute atomic E-state index is 0.0729. The van der Waals surface area contributed by atoms with Crippen molar-refractivity contribution in [1.29, 1.82) is 0 Å². The molecular formula is C15H11N3O3. The molecule has 3 aromatic rings. The fourth-order valence-electron chi connectivity index (χ4n) is 2.25. The van der Waals surface area contributed by atoms with Crippen LogP contribution in [0.3, 0.4) is 0 Å². The van der Waals surface area contributed by atoms with E-state index in [1.54, 1.807) is 12.1 Å². The molecule has 1 aromatic heterocycles. The van der Waals surface area contributed by atoms with Gasteiger partial charge in [0.2, 0.25) is 0 Å². The summed E-state index contributed by atoms with van der Waals surface area (Å²) in [6.45, 7) is 1.92. The van der Waals surface area contributed by atoms with Gasteiger partial charge in [0.1, 0.15) is 0 Å². The van der Waals surface area contributed by atoms with Crippen molar-refractivity contribution < 1.29 is 4.92 Å². The first kappa shape index (κ1) is 13.0. The van der Waals surface area contributed by atoms with Crippen LogP contribution in [0.2, 0.25) is 0 Å².